The Morgan fingerprint density at radius 1 is 0.762 bits per heavy atom. The number of rotatable bonds is 20. The van der Waals surface area contributed by atoms with E-state index in [4.69, 9.17) is 11.5 Å². The number of likely N-dealkylation sites (N-methyl/N-ethyl adjacent to an activating group) is 2. The molecule has 2 unspecified atom stereocenters. The number of hydrogen-bond acceptors (Lipinski definition) is 8. The minimum Gasteiger partial charge on any atom is -0.351 e. The van der Waals surface area contributed by atoms with Gasteiger partial charge in [-0.1, -0.05) is 74.5 Å². The van der Waals surface area contributed by atoms with Crippen LogP contribution in [0.15, 0.2) is 60.7 Å². The van der Waals surface area contributed by atoms with Gasteiger partial charge in [-0.3, -0.25) is 9.59 Å². The zero-order chi connectivity index (χ0) is 31.2. The second-order valence-electron chi connectivity index (χ2n) is 10.1. The molecule has 0 fully saturated rings. The fourth-order valence-electron chi connectivity index (χ4n) is 4.72. The van der Waals surface area contributed by atoms with Crippen LogP contribution >= 0.6 is 0 Å². The van der Waals surface area contributed by atoms with Gasteiger partial charge in [-0.15, -0.1) is 0 Å². The first-order valence-corrected chi connectivity index (χ1v) is 17.4. The summed E-state index contributed by atoms with van der Waals surface area (Å²) in [5.41, 5.74) is 12.7. The van der Waals surface area contributed by atoms with Crippen LogP contribution in [0.3, 0.4) is 0 Å². The summed E-state index contributed by atoms with van der Waals surface area (Å²) in [7, 11) is -7.34. The molecule has 234 valence electrons. The third kappa shape index (κ3) is 11.5. The molecule has 0 saturated heterocycles. The van der Waals surface area contributed by atoms with E-state index in [0.29, 0.717) is 6.42 Å². The van der Waals surface area contributed by atoms with Crippen molar-refractivity contribution in [3.63, 3.8) is 0 Å². The second-order valence-corrected chi connectivity index (χ2v) is 14.3. The van der Waals surface area contributed by atoms with E-state index in [2.05, 4.69) is 5.32 Å². The van der Waals surface area contributed by atoms with E-state index in [1.165, 1.54) is 4.31 Å². The van der Waals surface area contributed by atoms with E-state index in [9.17, 15) is 26.4 Å². The number of Topliss-reactive ketones (excluding diaryl/α,β-unsaturated/α-hetero) is 1. The summed E-state index contributed by atoms with van der Waals surface area (Å²) in [6.07, 6.45) is 0.436. The van der Waals surface area contributed by atoms with Crippen molar-refractivity contribution in [1.82, 2.24) is 13.9 Å². The summed E-state index contributed by atoms with van der Waals surface area (Å²) in [5, 5.41) is 3.01. The van der Waals surface area contributed by atoms with Crippen LogP contribution in [0.5, 0.6) is 0 Å². The fourth-order valence-corrected chi connectivity index (χ4v) is 7.37. The molecule has 13 heteroatoms. The zero-order valence-electron chi connectivity index (χ0n) is 24.5. The lowest BCUT2D eigenvalue weighted by atomic mass is 9.92. The highest BCUT2D eigenvalue weighted by atomic mass is 32.2. The van der Waals surface area contributed by atoms with E-state index < -0.39 is 43.7 Å². The minimum absolute atomic E-state index is 0.0222. The second kappa shape index (κ2) is 17.4. The molecule has 0 spiro atoms. The van der Waals surface area contributed by atoms with E-state index in [1.807, 2.05) is 60.7 Å². The first-order chi connectivity index (χ1) is 19.9. The van der Waals surface area contributed by atoms with Gasteiger partial charge < -0.3 is 16.8 Å². The van der Waals surface area contributed by atoms with E-state index >= 15 is 0 Å². The maximum absolute atomic E-state index is 13.8. The number of carbonyl (C=O) groups is 2. The molecular formula is C29H45N5O6S2. The Hall–Kier alpha value is -2.68. The molecule has 0 saturated carbocycles. The van der Waals surface area contributed by atoms with Crippen LogP contribution in [-0.2, 0) is 42.5 Å². The minimum atomic E-state index is -3.71. The first-order valence-electron chi connectivity index (χ1n) is 14.2. The Labute approximate surface area is 250 Å². The van der Waals surface area contributed by atoms with Crippen LogP contribution in [0, 0.1) is 5.92 Å². The predicted molar refractivity (Wildman–Crippen MR) is 166 cm³/mol. The molecule has 11 nitrogen and oxygen atoms in total. The molecule has 2 aromatic carbocycles. The lowest BCUT2D eigenvalue weighted by Gasteiger charge is -2.28. The molecule has 0 aliphatic carbocycles. The van der Waals surface area contributed by atoms with Crippen LogP contribution in [0.2, 0.25) is 0 Å². The molecule has 0 aliphatic rings. The number of amides is 1. The van der Waals surface area contributed by atoms with Crippen molar-refractivity contribution >= 4 is 31.7 Å². The highest BCUT2D eigenvalue weighted by Crippen LogP contribution is 2.17. The molecule has 0 radical (unpaired) electrons. The van der Waals surface area contributed by atoms with E-state index in [-0.39, 0.29) is 63.6 Å². The van der Waals surface area contributed by atoms with Crippen molar-refractivity contribution in [3.8, 4) is 0 Å². The number of carbonyl (C=O) groups excluding carboxylic acids is 2. The number of ketones is 1. The number of sulfonamides is 2. The van der Waals surface area contributed by atoms with Crippen molar-refractivity contribution in [2.75, 3.05) is 50.8 Å². The van der Waals surface area contributed by atoms with Crippen LogP contribution in [0.4, 0.5) is 0 Å². The number of nitrogens with one attached hydrogen (secondary N) is 1. The standard InChI is InChI=1S/C29H45N5O6S2/c1-3-33(41(37,38)17-15-30)22-27(20-25-13-9-6-10-14-25)32-29(36)26(19-24-11-7-5-8-12-24)21-28(35)23-34(4-2)42(39,40)18-16-31/h5-14,26-27H,3-4,15-23,30-31H2,1-2H3,(H,32,36). The van der Waals surface area contributed by atoms with Crippen molar-refractivity contribution < 1.29 is 26.4 Å². The fraction of sp³-hybridized carbons (Fsp3) is 0.517. The van der Waals surface area contributed by atoms with Gasteiger partial charge in [-0.25, -0.2) is 21.1 Å². The Bertz CT molecular complexity index is 1320. The van der Waals surface area contributed by atoms with Crippen LogP contribution in [0.1, 0.15) is 31.4 Å². The number of benzene rings is 2. The topological polar surface area (TPSA) is 173 Å². The summed E-state index contributed by atoms with van der Waals surface area (Å²) in [4.78, 5) is 26.9. The van der Waals surface area contributed by atoms with Gasteiger partial charge in [0.1, 0.15) is 5.78 Å². The third-order valence-corrected chi connectivity index (χ3v) is 10.7. The van der Waals surface area contributed by atoms with Crippen molar-refractivity contribution in [2.45, 2.75) is 39.2 Å². The molecule has 2 aromatic rings. The summed E-state index contributed by atoms with van der Waals surface area (Å²) < 4.78 is 53.2. The molecule has 0 aromatic heterocycles. The number of nitrogens with two attached hydrogens (primary N) is 2. The summed E-state index contributed by atoms with van der Waals surface area (Å²) >= 11 is 0. The van der Waals surface area contributed by atoms with Gasteiger partial charge in [-0.05, 0) is 24.0 Å². The molecule has 2 rings (SSSR count). The summed E-state index contributed by atoms with van der Waals surface area (Å²) in [6, 6.07) is 18.1. The molecule has 0 aliphatic heterocycles. The summed E-state index contributed by atoms with van der Waals surface area (Å²) in [5.74, 6) is -2.09. The lowest BCUT2D eigenvalue weighted by molar-refractivity contribution is -0.130. The van der Waals surface area contributed by atoms with Crippen molar-refractivity contribution in [3.05, 3.63) is 71.8 Å². The highest BCUT2D eigenvalue weighted by molar-refractivity contribution is 7.89. The Morgan fingerprint density at radius 2 is 1.24 bits per heavy atom. The normalized spacial score (nSPS) is 13.7. The quantitative estimate of drug-likeness (QED) is 0.194. The molecule has 0 bridgehead atoms. The molecule has 42 heavy (non-hydrogen) atoms. The molecule has 5 N–H and O–H groups in total. The lowest BCUT2D eigenvalue weighted by Crippen LogP contribution is -2.49. The van der Waals surface area contributed by atoms with E-state index in [1.54, 1.807) is 13.8 Å². The van der Waals surface area contributed by atoms with Gasteiger partial charge in [0, 0.05) is 51.1 Å². The molecule has 1 amide bonds. The predicted octanol–water partition coefficient (Wildman–Crippen LogP) is 0.753. The maximum atomic E-state index is 13.8. The zero-order valence-corrected chi connectivity index (χ0v) is 26.2. The van der Waals surface area contributed by atoms with Crippen LogP contribution in [0.25, 0.3) is 0 Å². The SMILES string of the molecule is CCN(CC(=O)CC(Cc1ccccc1)C(=O)NC(Cc1ccccc1)CN(CC)S(=O)(=O)CCN)S(=O)(=O)CCN. The van der Waals surface area contributed by atoms with Gasteiger partial charge in [0.15, 0.2) is 0 Å². The molecule has 0 heterocycles. The summed E-state index contributed by atoms with van der Waals surface area (Å²) in [6.45, 7) is 3.27. The smallest absolute Gasteiger partial charge is 0.224 e. The van der Waals surface area contributed by atoms with Gasteiger partial charge in [0.2, 0.25) is 26.0 Å². The number of nitrogens with zero attached hydrogens (tertiary/aromatic N) is 2. The van der Waals surface area contributed by atoms with Gasteiger partial charge in [0.25, 0.3) is 0 Å². The maximum Gasteiger partial charge on any atom is 0.224 e. The first kappa shape index (κ1) is 35.5. The Balaban J connectivity index is 2.33. The Kier molecular flexibility index (Phi) is 14.7. The third-order valence-electron chi connectivity index (χ3n) is 6.86. The van der Waals surface area contributed by atoms with Crippen molar-refractivity contribution in [2.24, 2.45) is 17.4 Å². The largest absolute Gasteiger partial charge is 0.351 e. The average molecular weight is 624 g/mol. The van der Waals surface area contributed by atoms with Crippen LogP contribution < -0.4 is 16.8 Å². The monoisotopic (exact) mass is 623 g/mol. The van der Waals surface area contributed by atoms with E-state index in [0.717, 1.165) is 15.4 Å². The van der Waals surface area contributed by atoms with Gasteiger partial charge in [0.05, 0.1) is 18.1 Å². The van der Waals surface area contributed by atoms with Crippen LogP contribution in [-0.4, -0.2) is 94.0 Å². The Morgan fingerprint density at radius 3 is 1.71 bits per heavy atom. The van der Waals surface area contributed by atoms with Gasteiger partial charge >= 0.3 is 0 Å². The highest BCUT2D eigenvalue weighted by Gasteiger charge is 2.30. The molecule has 2 atom stereocenters. The van der Waals surface area contributed by atoms with Crippen molar-refractivity contribution in [1.29, 1.82) is 0 Å². The average Bonchev–Trinajstić information content (AvgIpc) is 2.95. The molecular weight excluding hydrogens is 578 g/mol. The number of hydrogen-bond donors (Lipinski definition) is 3. The van der Waals surface area contributed by atoms with Gasteiger partial charge in [-0.2, -0.15) is 4.31 Å².